The molecule has 0 N–H and O–H groups in total. The lowest BCUT2D eigenvalue weighted by Crippen LogP contribution is -2.08. The summed E-state index contributed by atoms with van der Waals surface area (Å²) < 4.78 is 28.1. The largest absolute Gasteiger partial charge is 0.462 e. The van der Waals surface area contributed by atoms with Crippen molar-refractivity contribution in [3.8, 4) is 0 Å². The smallest absolute Gasteiger partial charge is 0.338 e. The monoisotopic (exact) mass is 318 g/mol. The maximum Gasteiger partial charge on any atom is 0.338 e. The van der Waals surface area contributed by atoms with Gasteiger partial charge >= 0.3 is 5.97 Å². The van der Waals surface area contributed by atoms with E-state index in [4.69, 9.17) is 15.4 Å². The molecule has 0 spiro atoms. The minimum absolute atomic E-state index is 0.0234. The third-order valence-electron chi connectivity index (χ3n) is 2.93. The van der Waals surface area contributed by atoms with Gasteiger partial charge in [-0.1, -0.05) is 32.8 Å². The predicted molar refractivity (Wildman–Crippen MR) is 78.7 cm³/mol. The second kappa shape index (κ2) is 7.64. The molecule has 0 aliphatic heterocycles. The summed E-state index contributed by atoms with van der Waals surface area (Å²) in [7, 11) is 1.52. The number of esters is 1. The molecule has 0 saturated carbocycles. The Labute approximate surface area is 124 Å². The summed E-state index contributed by atoms with van der Waals surface area (Å²) in [6, 6.07) is 4.44. The molecule has 0 aromatic heterocycles. The highest BCUT2D eigenvalue weighted by Crippen LogP contribution is 2.22. The van der Waals surface area contributed by atoms with Crippen molar-refractivity contribution < 1.29 is 17.9 Å². The van der Waals surface area contributed by atoms with Crippen LogP contribution in [0.25, 0.3) is 0 Å². The molecule has 0 radical (unpaired) electrons. The first kappa shape index (κ1) is 17.0. The standard InChI is InChI=1S/C14H19ClO4S/c1-3-5-6-9-19-14(16)12-8-7-11(4-2)13(10-12)20(15,17)18/h7-8,10H,3-6,9H2,1-2H3. The van der Waals surface area contributed by atoms with Crippen LogP contribution >= 0.6 is 10.7 Å². The zero-order valence-electron chi connectivity index (χ0n) is 11.7. The quantitative estimate of drug-likeness (QED) is 0.438. The van der Waals surface area contributed by atoms with Crippen molar-refractivity contribution in [3.63, 3.8) is 0 Å². The van der Waals surface area contributed by atoms with Gasteiger partial charge in [-0.05, 0) is 30.5 Å². The van der Waals surface area contributed by atoms with Gasteiger partial charge in [0.2, 0.25) is 0 Å². The highest BCUT2D eigenvalue weighted by atomic mass is 35.7. The van der Waals surface area contributed by atoms with Crippen LogP contribution in [0.4, 0.5) is 0 Å². The molecule has 0 bridgehead atoms. The van der Waals surface area contributed by atoms with E-state index in [9.17, 15) is 13.2 Å². The average Bonchev–Trinajstić information content (AvgIpc) is 2.41. The number of carbonyl (C=O) groups excluding carboxylic acids is 1. The van der Waals surface area contributed by atoms with Crippen molar-refractivity contribution in [2.75, 3.05) is 6.61 Å². The van der Waals surface area contributed by atoms with E-state index >= 15 is 0 Å². The van der Waals surface area contributed by atoms with E-state index in [1.807, 2.05) is 6.92 Å². The molecule has 4 nitrogen and oxygen atoms in total. The molecule has 0 atom stereocenters. The number of hydrogen-bond donors (Lipinski definition) is 0. The first-order chi connectivity index (χ1) is 9.40. The van der Waals surface area contributed by atoms with Gasteiger partial charge in [-0.25, -0.2) is 13.2 Å². The zero-order valence-corrected chi connectivity index (χ0v) is 13.3. The number of ether oxygens (including phenoxy) is 1. The van der Waals surface area contributed by atoms with Gasteiger partial charge in [0.25, 0.3) is 9.05 Å². The number of aryl methyl sites for hydroxylation is 1. The lowest BCUT2D eigenvalue weighted by molar-refractivity contribution is 0.0498. The van der Waals surface area contributed by atoms with Gasteiger partial charge in [0, 0.05) is 10.7 Å². The van der Waals surface area contributed by atoms with E-state index in [2.05, 4.69) is 6.92 Å². The predicted octanol–water partition coefficient (Wildman–Crippen LogP) is 3.52. The van der Waals surface area contributed by atoms with E-state index in [0.717, 1.165) is 19.3 Å². The third-order valence-corrected chi connectivity index (χ3v) is 4.33. The third kappa shape index (κ3) is 4.80. The van der Waals surface area contributed by atoms with Crippen molar-refractivity contribution in [2.45, 2.75) is 44.4 Å². The molecule has 0 fully saturated rings. The van der Waals surface area contributed by atoms with Gasteiger partial charge in [-0.2, -0.15) is 0 Å². The van der Waals surface area contributed by atoms with Gasteiger partial charge in [-0.15, -0.1) is 0 Å². The van der Waals surface area contributed by atoms with E-state index in [-0.39, 0.29) is 10.5 Å². The summed E-state index contributed by atoms with van der Waals surface area (Å²) in [5.74, 6) is -0.523. The van der Waals surface area contributed by atoms with E-state index < -0.39 is 15.0 Å². The van der Waals surface area contributed by atoms with E-state index in [1.54, 1.807) is 12.1 Å². The van der Waals surface area contributed by atoms with E-state index in [0.29, 0.717) is 18.6 Å². The highest BCUT2D eigenvalue weighted by molar-refractivity contribution is 8.13. The average molecular weight is 319 g/mol. The number of carbonyl (C=O) groups is 1. The first-order valence-electron chi connectivity index (χ1n) is 6.64. The molecule has 112 valence electrons. The summed E-state index contributed by atoms with van der Waals surface area (Å²) in [6.07, 6.45) is 3.35. The molecular formula is C14H19ClO4S. The Morgan fingerprint density at radius 2 is 1.95 bits per heavy atom. The Hall–Kier alpha value is -1.07. The maximum atomic E-state index is 11.8. The lowest BCUT2D eigenvalue weighted by atomic mass is 10.1. The molecule has 1 rings (SSSR count). The van der Waals surface area contributed by atoms with E-state index in [1.165, 1.54) is 6.07 Å². The minimum atomic E-state index is -3.87. The Bertz CT molecular complexity index is 567. The zero-order chi connectivity index (χ0) is 15.2. The molecule has 20 heavy (non-hydrogen) atoms. The number of benzene rings is 1. The van der Waals surface area contributed by atoms with Crippen LogP contribution < -0.4 is 0 Å². The van der Waals surface area contributed by atoms with Gasteiger partial charge in [-0.3, -0.25) is 0 Å². The summed E-state index contributed by atoms with van der Waals surface area (Å²) in [5.41, 5.74) is 0.792. The topological polar surface area (TPSA) is 60.4 Å². The molecule has 0 aliphatic carbocycles. The Morgan fingerprint density at radius 1 is 1.25 bits per heavy atom. The molecule has 6 heteroatoms. The minimum Gasteiger partial charge on any atom is -0.462 e. The summed E-state index contributed by atoms with van der Waals surface area (Å²) in [5, 5.41) is 0. The van der Waals surface area contributed by atoms with Crippen molar-refractivity contribution >= 4 is 25.7 Å². The fraction of sp³-hybridized carbons (Fsp3) is 0.500. The second-order valence-electron chi connectivity index (χ2n) is 4.46. The van der Waals surface area contributed by atoms with Crippen molar-refractivity contribution in [1.82, 2.24) is 0 Å². The van der Waals surface area contributed by atoms with Crippen LogP contribution in [-0.4, -0.2) is 21.0 Å². The molecule has 1 aromatic rings. The van der Waals surface area contributed by atoms with Crippen LogP contribution in [0.15, 0.2) is 23.1 Å². The number of unbranched alkanes of at least 4 members (excludes halogenated alkanes) is 2. The molecule has 1 aromatic carbocycles. The lowest BCUT2D eigenvalue weighted by Gasteiger charge is -2.08. The van der Waals surface area contributed by atoms with Gasteiger partial charge in [0.05, 0.1) is 17.1 Å². The molecule has 0 saturated heterocycles. The van der Waals surface area contributed by atoms with Crippen molar-refractivity contribution in [2.24, 2.45) is 0 Å². The Kier molecular flexibility index (Phi) is 6.49. The molecule has 0 amide bonds. The van der Waals surface area contributed by atoms with Crippen molar-refractivity contribution in [1.29, 1.82) is 0 Å². The van der Waals surface area contributed by atoms with Crippen LogP contribution in [0.3, 0.4) is 0 Å². The Balaban J connectivity index is 2.89. The number of hydrogen-bond acceptors (Lipinski definition) is 4. The number of rotatable bonds is 7. The normalized spacial score (nSPS) is 11.3. The molecule has 0 aliphatic rings. The van der Waals surface area contributed by atoms with Gasteiger partial charge in [0.15, 0.2) is 0 Å². The second-order valence-corrected chi connectivity index (χ2v) is 6.99. The van der Waals surface area contributed by atoms with Crippen molar-refractivity contribution in [3.05, 3.63) is 29.3 Å². The van der Waals surface area contributed by atoms with Crippen LogP contribution in [0.2, 0.25) is 0 Å². The first-order valence-corrected chi connectivity index (χ1v) is 8.95. The SMILES string of the molecule is CCCCCOC(=O)c1ccc(CC)c(S(=O)(=O)Cl)c1. The molecule has 0 unspecified atom stereocenters. The summed E-state index contributed by atoms with van der Waals surface area (Å²) >= 11 is 0. The number of halogens is 1. The highest BCUT2D eigenvalue weighted by Gasteiger charge is 2.18. The van der Waals surface area contributed by atoms with Gasteiger partial charge in [0.1, 0.15) is 0 Å². The fourth-order valence-electron chi connectivity index (χ4n) is 1.80. The maximum absolute atomic E-state index is 11.8. The van der Waals surface area contributed by atoms with Crippen LogP contribution in [0, 0.1) is 0 Å². The van der Waals surface area contributed by atoms with Crippen LogP contribution in [-0.2, 0) is 20.2 Å². The molecular weight excluding hydrogens is 300 g/mol. The fourth-order valence-corrected chi connectivity index (χ4v) is 3.03. The summed E-state index contributed by atoms with van der Waals surface area (Å²) in [6.45, 7) is 4.22. The Morgan fingerprint density at radius 3 is 2.50 bits per heavy atom. The molecule has 0 heterocycles. The van der Waals surface area contributed by atoms with Crippen LogP contribution in [0.1, 0.15) is 49.0 Å². The summed E-state index contributed by atoms with van der Waals surface area (Å²) in [4.78, 5) is 11.8. The van der Waals surface area contributed by atoms with Crippen LogP contribution in [0.5, 0.6) is 0 Å². The van der Waals surface area contributed by atoms with Gasteiger partial charge < -0.3 is 4.74 Å².